The number of piperidine rings is 1. The van der Waals surface area contributed by atoms with E-state index in [0.29, 0.717) is 45.2 Å². The molecule has 7 nitrogen and oxygen atoms in total. The standard InChI is InChI=1S/C21H20Cl2N4O3S/c1-12-8-14(25-19(29)16-9-13(22)2-3-17(16)23)4-6-27(12)18(28)10-26-11-24-20-15(21(26)30)5-7-31-20/h2-3,5,7,9,11-12,14H,4,6,8,10H2,1H3,(H,25,29). The Morgan fingerprint density at radius 1 is 1.29 bits per heavy atom. The lowest BCUT2D eigenvalue weighted by atomic mass is 9.97. The number of hydrogen-bond acceptors (Lipinski definition) is 5. The number of nitrogens with one attached hydrogen (secondary N) is 1. The Kier molecular flexibility index (Phi) is 6.31. The number of carbonyl (C=O) groups is 2. The van der Waals surface area contributed by atoms with Crippen molar-refractivity contribution in [2.24, 2.45) is 0 Å². The van der Waals surface area contributed by atoms with Crippen LogP contribution in [-0.2, 0) is 11.3 Å². The van der Waals surface area contributed by atoms with E-state index in [2.05, 4.69) is 10.3 Å². The van der Waals surface area contributed by atoms with Crippen molar-refractivity contribution in [3.8, 4) is 0 Å². The summed E-state index contributed by atoms with van der Waals surface area (Å²) in [7, 11) is 0. The molecule has 2 amide bonds. The minimum Gasteiger partial charge on any atom is -0.349 e. The molecule has 1 fully saturated rings. The summed E-state index contributed by atoms with van der Waals surface area (Å²) in [4.78, 5) is 44.7. The first-order valence-electron chi connectivity index (χ1n) is 9.81. The van der Waals surface area contributed by atoms with E-state index >= 15 is 0 Å². The van der Waals surface area contributed by atoms with Gasteiger partial charge in [0.05, 0.1) is 22.3 Å². The lowest BCUT2D eigenvalue weighted by Gasteiger charge is -2.38. The van der Waals surface area contributed by atoms with Crippen molar-refractivity contribution < 1.29 is 9.59 Å². The molecular formula is C21H20Cl2N4O3S. The van der Waals surface area contributed by atoms with Gasteiger partial charge in [-0.1, -0.05) is 23.2 Å². The van der Waals surface area contributed by atoms with Crippen molar-refractivity contribution in [3.63, 3.8) is 0 Å². The lowest BCUT2D eigenvalue weighted by Crippen LogP contribution is -2.52. The minimum atomic E-state index is -0.286. The average Bonchev–Trinajstić information content (AvgIpc) is 3.21. The number of benzene rings is 1. The molecule has 2 unspecified atom stereocenters. The average molecular weight is 479 g/mol. The smallest absolute Gasteiger partial charge is 0.262 e. The summed E-state index contributed by atoms with van der Waals surface area (Å²) >= 11 is 13.5. The summed E-state index contributed by atoms with van der Waals surface area (Å²) in [6, 6.07) is 6.30. The van der Waals surface area contributed by atoms with Crippen LogP contribution in [0.25, 0.3) is 10.2 Å². The molecule has 4 rings (SSSR count). The van der Waals surface area contributed by atoms with Gasteiger partial charge in [-0.2, -0.15) is 0 Å². The van der Waals surface area contributed by atoms with Crippen LogP contribution in [0.2, 0.25) is 10.0 Å². The van der Waals surface area contributed by atoms with Crippen molar-refractivity contribution in [1.29, 1.82) is 0 Å². The molecule has 3 heterocycles. The number of nitrogens with zero attached hydrogens (tertiary/aromatic N) is 3. The summed E-state index contributed by atoms with van der Waals surface area (Å²) < 4.78 is 1.35. The Labute approximate surface area is 192 Å². The van der Waals surface area contributed by atoms with E-state index in [1.54, 1.807) is 23.1 Å². The van der Waals surface area contributed by atoms with E-state index in [1.807, 2.05) is 12.3 Å². The summed E-state index contributed by atoms with van der Waals surface area (Å²) in [6.07, 6.45) is 2.63. The predicted molar refractivity (Wildman–Crippen MR) is 122 cm³/mol. The van der Waals surface area contributed by atoms with Crippen molar-refractivity contribution in [2.75, 3.05) is 6.54 Å². The van der Waals surface area contributed by atoms with Gasteiger partial charge < -0.3 is 10.2 Å². The molecule has 0 aliphatic carbocycles. The fourth-order valence-corrected chi connectivity index (χ4v) is 4.95. The zero-order chi connectivity index (χ0) is 22.1. The van der Waals surface area contributed by atoms with Crippen LogP contribution >= 0.6 is 34.5 Å². The maximum atomic E-state index is 12.9. The highest BCUT2D eigenvalue weighted by Gasteiger charge is 2.30. The topological polar surface area (TPSA) is 84.3 Å². The Bertz CT molecular complexity index is 1210. The molecular weight excluding hydrogens is 459 g/mol. The number of amides is 2. The van der Waals surface area contributed by atoms with E-state index in [-0.39, 0.29) is 36.0 Å². The van der Waals surface area contributed by atoms with Crippen LogP contribution in [0.15, 0.2) is 40.8 Å². The molecule has 31 heavy (non-hydrogen) atoms. The zero-order valence-electron chi connectivity index (χ0n) is 16.7. The third-order valence-corrected chi connectivity index (χ3v) is 6.85. The first-order valence-corrected chi connectivity index (χ1v) is 11.4. The van der Waals surface area contributed by atoms with Gasteiger partial charge in [0.1, 0.15) is 11.4 Å². The predicted octanol–water partition coefficient (Wildman–Crippen LogP) is 3.57. The van der Waals surface area contributed by atoms with Crippen molar-refractivity contribution in [2.45, 2.75) is 38.4 Å². The highest BCUT2D eigenvalue weighted by atomic mass is 35.5. The number of aromatic nitrogens is 2. The second kappa shape index (κ2) is 8.98. The molecule has 162 valence electrons. The highest BCUT2D eigenvalue weighted by molar-refractivity contribution is 7.16. The SMILES string of the molecule is CC1CC(NC(=O)c2cc(Cl)ccc2Cl)CCN1C(=O)Cn1cnc2sccc2c1=O. The largest absolute Gasteiger partial charge is 0.349 e. The van der Waals surface area contributed by atoms with E-state index < -0.39 is 0 Å². The molecule has 0 saturated carbocycles. The molecule has 1 aliphatic rings. The molecule has 1 aromatic carbocycles. The van der Waals surface area contributed by atoms with E-state index in [0.717, 1.165) is 0 Å². The van der Waals surface area contributed by atoms with Crippen LogP contribution < -0.4 is 10.9 Å². The molecule has 1 saturated heterocycles. The van der Waals surface area contributed by atoms with Gasteiger partial charge in [0.15, 0.2) is 0 Å². The van der Waals surface area contributed by atoms with Crippen molar-refractivity contribution in [1.82, 2.24) is 19.8 Å². The molecule has 2 atom stereocenters. The van der Waals surface area contributed by atoms with Gasteiger partial charge in [0.25, 0.3) is 11.5 Å². The molecule has 1 N–H and O–H groups in total. The van der Waals surface area contributed by atoms with Gasteiger partial charge >= 0.3 is 0 Å². The minimum absolute atomic E-state index is 0.0584. The monoisotopic (exact) mass is 478 g/mol. The second-order valence-electron chi connectivity index (χ2n) is 7.57. The Hall–Kier alpha value is -2.42. The Morgan fingerprint density at radius 2 is 2.10 bits per heavy atom. The number of fused-ring (bicyclic) bond motifs is 1. The molecule has 0 spiro atoms. The van der Waals surface area contributed by atoms with Gasteiger partial charge in [-0.25, -0.2) is 4.98 Å². The zero-order valence-corrected chi connectivity index (χ0v) is 19.0. The second-order valence-corrected chi connectivity index (χ2v) is 9.31. The number of hydrogen-bond donors (Lipinski definition) is 1. The van der Waals surface area contributed by atoms with Gasteiger partial charge in [0, 0.05) is 23.7 Å². The number of likely N-dealkylation sites (tertiary alicyclic amines) is 1. The molecule has 0 bridgehead atoms. The van der Waals surface area contributed by atoms with Crippen LogP contribution in [-0.4, -0.2) is 44.9 Å². The summed E-state index contributed by atoms with van der Waals surface area (Å²) in [5.74, 6) is -0.431. The van der Waals surface area contributed by atoms with Gasteiger partial charge in [-0.15, -0.1) is 11.3 Å². The molecule has 3 aromatic rings. The fourth-order valence-electron chi connectivity index (χ4n) is 3.85. The third kappa shape index (κ3) is 4.61. The van der Waals surface area contributed by atoms with Crippen LogP contribution in [0.4, 0.5) is 0 Å². The summed E-state index contributed by atoms with van der Waals surface area (Å²) in [5, 5.41) is 6.09. The first kappa shape index (κ1) is 21.8. The number of carbonyl (C=O) groups excluding carboxylic acids is 2. The van der Waals surface area contributed by atoms with Gasteiger partial charge in [-0.05, 0) is 49.4 Å². The number of rotatable bonds is 4. The highest BCUT2D eigenvalue weighted by Crippen LogP contribution is 2.23. The Balaban J connectivity index is 1.39. The lowest BCUT2D eigenvalue weighted by molar-refractivity contribution is -0.135. The van der Waals surface area contributed by atoms with E-state index in [1.165, 1.54) is 28.3 Å². The Morgan fingerprint density at radius 3 is 2.87 bits per heavy atom. The van der Waals surface area contributed by atoms with Gasteiger partial charge in [-0.3, -0.25) is 19.0 Å². The molecule has 10 heteroatoms. The maximum Gasteiger partial charge on any atom is 0.262 e. The van der Waals surface area contributed by atoms with Crippen LogP contribution in [0.5, 0.6) is 0 Å². The maximum absolute atomic E-state index is 12.9. The number of halogens is 2. The fraction of sp³-hybridized carbons (Fsp3) is 0.333. The van der Waals surface area contributed by atoms with Crippen LogP contribution in [0.1, 0.15) is 30.1 Å². The number of thiophene rings is 1. The molecule has 1 aliphatic heterocycles. The summed E-state index contributed by atoms with van der Waals surface area (Å²) in [6.45, 7) is 2.36. The van der Waals surface area contributed by atoms with Crippen molar-refractivity contribution in [3.05, 3.63) is 61.9 Å². The molecule has 0 radical (unpaired) electrons. The molecule has 2 aromatic heterocycles. The van der Waals surface area contributed by atoms with E-state index in [4.69, 9.17) is 23.2 Å². The quantitative estimate of drug-likeness (QED) is 0.620. The van der Waals surface area contributed by atoms with Crippen LogP contribution in [0.3, 0.4) is 0 Å². The van der Waals surface area contributed by atoms with Crippen LogP contribution in [0, 0.1) is 0 Å². The van der Waals surface area contributed by atoms with Gasteiger partial charge in [0.2, 0.25) is 5.91 Å². The summed E-state index contributed by atoms with van der Waals surface area (Å²) in [5.41, 5.74) is 0.115. The third-order valence-electron chi connectivity index (χ3n) is 5.46. The van der Waals surface area contributed by atoms with Crippen molar-refractivity contribution >= 4 is 56.6 Å². The first-order chi connectivity index (χ1) is 14.8. The normalized spacial score (nSPS) is 18.9. The van der Waals surface area contributed by atoms with E-state index in [9.17, 15) is 14.4 Å².